The average Bonchev–Trinajstić information content (AvgIpc) is 2.36. The maximum Gasteiger partial charge on any atom is 0.119 e. The molecule has 0 saturated heterocycles. The van der Waals surface area contributed by atoms with Crippen molar-refractivity contribution in [2.75, 3.05) is 26.2 Å². The highest BCUT2D eigenvalue weighted by atomic mass is 16.5. The molecule has 0 saturated carbocycles. The molecule has 0 atom stereocenters. The molecule has 96 valence electrons. The van der Waals surface area contributed by atoms with Crippen LogP contribution in [0.15, 0.2) is 24.3 Å². The Kier molecular flexibility index (Phi) is 6.71. The summed E-state index contributed by atoms with van der Waals surface area (Å²) in [4.78, 5) is 2.45. The minimum absolute atomic E-state index is 0.824. The molecular formula is C15H25NO. The Balaban J connectivity index is 2.10. The molecule has 1 rings (SSSR count). The predicted molar refractivity (Wildman–Crippen MR) is 73.7 cm³/mol. The van der Waals surface area contributed by atoms with Gasteiger partial charge in [0.1, 0.15) is 5.75 Å². The highest BCUT2D eigenvalue weighted by Gasteiger charge is 1.98. The first kappa shape index (κ1) is 14.0. The average molecular weight is 235 g/mol. The van der Waals surface area contributed by atoms with Crippen LogP contribution in [0.25, 0.3) is 0 Å². The monoisotopic (exact) mass is 235 g/mol. The Morgan fingerprint density at radius 2 is 1.65 bits per heavy atom. The van der Waals surface area contributed by atoms with Crippen molar-refractivity contribution >= 4 is 0 Å². The van der Waals surface area contributed by atoms with Gasteiger partial charge in [-0.3, -0.25) is 0 Å². The lowest BCUT2D eigenvalue weighted by Gasteiger charge is -2.17. The zero-order chi connectivity index (χ0) is 12.5. The van der Waals surface area contributed by atoms with Gasteiger partial charge < -0.3 is 9.64 Å². The van der Waals surface area contributed by atoms with Crippen LogP contribution >= 0.6 is 0 Å². The molecule has 0 heterocycles. The summed E-state index contributed by atoms with van der Waals surface area (Å²) in [6.45, 7) is 10.8. The summed E-state index contributed by atoms with van der Waals surface area (Å²) in [5.74, 6) is 0.985. The van der Waals surface area contributed by atoms with Gasteiger partial charge in [-0.25, -0.2) is 0 Å². The summed E-state index contributed by atoms with van der Waals surface area (Å²) >= 11 is 0. The highest BCUT2D eigenvalue weighted by molar-refractivity contribution is 5.26. The number of ether oxygens (including phenoxy) is 1. The van der Waals surface area contributed by atoms with Crippen LogP contribution in [0.1, 0.15) is 32.3 Å². The molecule has 0 radical (unpaired) electrons. The molecule has 17 heavy (non-hydrogen) atoms. The molecule has 0 fully saturated rings. The first-order valence-electron chi connectivity index (χ1n) is 6.68. The van der Waals surface area contributed by atoms with Crippen molar-refractivity contribution in [3.05, 3.63) is 29.8 Å². The minimum atomic E-state index is 0.824. The maximum atomic E-state index is 5.69. The molecule has 1 aromatic rings. The largest absolute Gasteiger partial charge is 0.494 e. The van der Waals surface area contributed by atoms with Gasteiger partial charge in [-0.15, -0.1) is 0 Å². The lowest BCUT2D eigenvalue weighted by molar-refractivity contribution is 0.266. The van der Waals surface area contributed by atoms with Gasteiger partial charge in [0.15, 0.2) is 0 Å². The molecule has 0 amide bonds. The molecule has 0 aliphatic carbocycles. The van der Waals surface area contributed by atoms with Gasteiger partial charge in [0, 0.05) is 0 Å². The van der Waals surface area contributed by atoms with E-state index in [1.54, 1.807) is 0 Å². The molecule has 0 aliphatic rings. The van der Waals surface area contributed by atoms with Crippen LogP contribution < -0.4 is 4.74 Å². The number of unbranched alkanes of at least 4 members (excludes halogenated alkanes) is 1. The molecule has 0 spiro atoms. The number of nitrogens with zero attached hydrogens (tertiary/aromatic N) is 1. The van der Waals surface area contributed by atoms with E-state index in [0.717, 1.165) is 31.9 Å². The van der Waals surface area contributed by atoms with Crippen molar-refractivity contribution in [3.63, 3.8) is 0 Å². The predicted octanol–water partition coefficient (Wildman–Crippen LogP) is 3.50. The standard InChI is InChI=1S/C15H25NO/c1-4-16(5-2)12-6-7-13-17-15-10-8-14(3)9-11-15/h8-11H,4-7,12-13H2,1-3H3. The quantitative estimate of drug-likeness (QED) is 0.639. The summed E-state index contributed by atoms with van der Waals surface area (Å²) in [5, 5.41) is 0. The van der Waals surface area contributed by atoms with E-state index in [4.69, 9.17) is 4.74 Å². The van der Waals surface area contributed by atoms with E-state index < -0.39 is 0 Å². The zero-order valence-electron chi connectivity index (χ0n) is 11.4. The lowest BCUT2D eigenvalue weighted by atomic mass is 10.2. The van der Waals surface area contributed by atoms with E-state index in [1.807, 2.05) is 12.1 Å². The molecular weight excluding hydrogens is 210 g/mol. The van der Waals surface area contributed by atoms with Gasteiger partial charge in [0.25, 0.3) is 0 Å². The summed E-state index contributed by atoms with van der Waals surface area (Å²) in [6, 6.07) is 8.26. The van der Waals surface area contributed by atoms with Crippen molar-refractivity contribution in [1.29, 1.82) is 0 Å². The lowest BCUT2D eigenvalue weighted by Crippen LogP contribution is -2.24. The SMILES string of the molecule is CCN(CC)CCCCOc1ccc(C)cc1. The molecule has 0 aliphatic heterocycles. The van der Waals surface area contributed by atoms with Gasteiger partial charge in [0.05, 0.1) is 6.61 Å². The van der Waals surface area contributed by atoms with Crippen LogP contribution in [0, 0.1) is 6.92 Å². The summed E-state index contributed by atoms with van der Waals surface area (Å²) in [5.41, 5.74) is 1.28. The third-order valence-corrected chi connectivity index (χ3v) is 3.05. The van der Waals surface area contributed by atoms with Crippen molar-refractivity contribution < 1.29 is 4.74 Å². The second-order valence-electron chi connectivity index (χ2n) is 4.40. The summed E-state index contributed by atoms with van der Waals surface area (Å²) in [6.07, 6.45) is 2.35. The molecule has 0 unspecified atom stereocenters. The Morgan fingerprint density at radius 3 is 2.24 bits per heavy atom. The number of rotatable bonds is 8. The van der Waals surface area contributed by atoms with E-state index >= 15 is 0 Å². The van der Waals surface area contributed by atoms with Gasteiger partial charge >= 0.3 is 0 Å². The Labute approximate surface area is 106 Å². The normalized spacial score (nSPS) is 10.8. The highest BCUT2D eigenvalue weighted by Crippen LogP contribution is 2.11. The summed E-state index contributed by atoms with van der Waals surface area (Å²) < 4.78 is 5.69. The van der Waals surface area contributed by atoms with E-state index in [2.05, 4.69) is 37.8 Å². The van der Waals surface area contributed by atoms with Crippen LogP contribution in [-0.4, -0.2) is 31.1 Å². The van der Waals surface area contributed by atoms with Crippen LogP contribution in [-0.2, 0) is 0 Å². The number of aryl methyl sites for hydroxylation is 1. The fourth-order valence-electron chi connectivity index (χ4n) is 1.80. The Bertz CT molecular complexity index is 290. The number of hydrogen-bond acceptors (Lipinski definition) is 2. The zero-order valence-corrected chi connectivity index (χ0v) is 11.4. The van der Waals surface area contributed by atoms with Crippen molar-refractivity contribution in [2.45, 2.75) is 33.6 Å². The number of hydrogen-bond donors (Lipinski definition) is 0. The smallest absolute Gasteiger partial charge is 0.119 e. The van der Waals surface area contributed by atoms with Gasteiger partial charge in [-0.05, 0) is 51.5 Å². The van der Waals surface area contributed by atoms with Crippen molar-refractivity contribution in [2.24, 2.45) is 0 Å². The van der Waals surface area contributed by atoms with Crippen LogP contribution in [0.5, 0.6) is 5.75 Å². The van der Waals surface area contributed by atoms with Crippen LogP contribution in [0.3, 0.4) is 0 Å². The third kappa shape index (κ3) is 5.73. The fourth-order valence-corrected chi connectivity index (χ4v) is 1.80. The van der Waals surface area contributed by atoms with Gasteiger partial charge in [-0.1, -0.05) is 31.5 Å². The van der Waals surface area contributed by atoms with Crippen molar-refractivity contribution in [3.8, 4) is 5.75 Å². The van der Waals surface area contributed by atoms with E-state index in [9.17, 15) is 0 Å². The minimum Gasteiger partial charge on any atom is -0.494 e. The molecule has 0 bridgehead atoms. The molecule has 0 N–H and O–H groups in total. The first-order chi connectivity index (χ1) is 8.26. The maximum absolute atomic E-state index is 5.69. The van der Waals surface area contributed by atoms with Gasteiger partial charge in [0.2, 0.25) is 0 Å². The summed E-state index contributed by atoms with van der Waals surface area (Å²) in [7, 11) is 0. The van der Waals surface area contributed by atoms with E-state index in [0.29, 0.717) is 0 Å². The van der Waals surface area contributed by atoms with Gasteiger partial charge in [-0.2, -0.15) is 0 Å². The van der Waals surface area contributed by atoms with E-state index in [1.165, 1.54) is 18.5 Å². The van der Waals surface area contributed by atoms with Crippen LogP contribution in [0.4, 0.5) is 0 Å². The fraction of sp³-hybridized carbons (Fsp3) is 0.600. The molecule has 1 aromatic carbocycles. The number of benzene rings is 1. The van der Waals surface area contributed by atoms with E-state index in [-0.39, 0.29) is 0 Å². The Hall–Kier alpha value is -1.02. The third-order valence-electron chi connectivity index (χ3n) is 3.05. The van der Waals surface area contributed by atoms with Crippen molar-refractivity contribution in [1.82, 2.24) is 4.90 Å². The molecule has 0 aromatic heterocycles. The molecule has 2 nitrogen and oxygen atoms in total. The Morgan fingerprint density at radius 1 is 1.00 bits per heavy atom. The molecule has 2 heteroatoms. The topological polar surface area (TPSA) is 12.5 Å². The second-order valence-corrected chi connectivity index (χ2v) is 4.40. The van der Waals surface area contributed by atoms with Crippen LogP contribution in [0.2, 0.25) is 0 Å². The first-order valence-corrected chi connectivity index (χ1v) is 6.68. The second kappa shape index (κ2) is 8.13.